The lowest BCUT2D eigenvalue weighted by molar-refractivity contribution is 0.194. The number of aliphatic hydroxyl groups is 1. The number of rotatable bonds is 4. The third-order valence-electron chi connectivity index (χ3n) is 1.82. The summed E-state index contributed by atoms with van der Waals surface area (Å²) in [7, 11) is 0. The van der Waals surface area contributed by atoms with Gasteiger partial charge in [-0.15, -0.1) is 0 Å². The fourth-order valence-corrected chi connectivity index (χ4v) is 1.15. The van der Waals surface area contributed by atoms with Crippen LogP contribution in [0.5, 0.6) is 5.75 Å². The minimum atomic E-state index is -0.831. The van der Waals surface area contributed by atoms with Gasteiger partial charge in [0.05, 0.1) is 6.10 Å². The lowest BCUT2D eigenvalue weighted by atomic mass is 10.1. The third-order valence-corrected chi connectivity index (χ3v) is 1.93. The Bertz CT molecular complexity index is 364. The summed E-state index contributed by atoms with van der Waals surface area (Å²) in [6.07, 6.45) is -0.831. The molecule has 0 aliphatic heterocycles. The molecule has 0 amide bonds. The van der Waals surface area contributed by atoms with Crippen LogP contribution in [-0.2, 0) is 0 Å². The van der Waals surface area contributed by atoms with Crippen LogP contribution in [0.2, 0.25) is 0 Å². The molecule has 0 bridgehead atoms. The molecule has 15 heavy (non-hydrogen) atoms. The summed E-state index contributed by atoms with van der Waals surface area (Å²) in [5.74, 6) is -0.138. The van der Waals surface area contributed by atoms with Gasteiger partial charge in [-0.25, -0.2) is 4.39 Å². The van der Waals surface area contributed by atoms with Crippen LogP contribution < -0.4 is 4.74 Å². The van der Waals surface area contributed by atoms with Gasteiger partial charge in [-0.2, -0.15) is 0 Å². The zero-order valence-electron chi connectivity index (χ0n) is 8.34. The average molecular weight is 231 g/mol. The van der Waals surface area contributed by atoms with Crippen LogP contribution in [0, 0.1) is 5.82 Å². The predicted octanol–water partition coefficient (Wildman–Crippen LogP) is 3.01. The first kappa shape index (κ1) is 12.0. The van der Waals surface area contributed by atoms with E-state index in [0.717, 1.165) is 0 Å². The quantitative estimate of drug-likeness (QED) is 0.862. The van der Waals surface area contributed by atoms with Crippen LogP contribution in [0.1, 0.15) is 18.6 Å². The normalized spacial score (nSPS) is 12.3. The molecule has 2 nitrogen and oxygen atoms in total. The molecule has 0 aromatic heterocycles. The highest BCUT2D eigenvalue weighted by Gasteiger charge is 2.08. The smallest absolute Gasteiger partial charge is 0.132 e. The fraction of sp³-hybridized carbons (Fsp3) is 0.273. The van der Waals surface area contributed by atoms with E-state index in [1.807, 2.05) is 0 Å². The van der Waals surface area contributed by atoms with Gasteiger partial charge >= 0.3 is 0 Å². The first-order valence-corrected chi connectivity index (χ1v) is 4.82. The van der Waals surface area contributed by atoms with Crippen molar-refractivity contribution in [2.45, 2.75) is 13.0 Å². The van der Waals surface area contributed by atoms with Gasteiger partial charge in [-0.3, -0.25) is 0 Å². The van der Waals surface area contributed by atoms with Crippen molar-refractivity contribution in [1.29, 1.82) is 0 Å². The molecule has 82 valence electrons. The molecular formula is C11H12ClFO2. The molecule has 0 radical (unpaired) electrons. The van der Waals surface area contributed by atoms with E-state index in [1.54, 1.807) is 6.07 Å². The highest BCUT2D eigenvalue weighted by atomic mass is 35.5. The Morgan fingerprint density at radius 1 is 1.67 bits per heavy atom. The van der Waals surface area contributed by atoms with E-state index >= 15 is 0 Å². The Morgan fingerprint density at radius 2 is 2.33 bits per heavy atom. The molecule has 0 saturated heterocycles. The third kappa shape index (κ3) is 3.53. The van der Waals surface area contributed by atoms with Gasteiger partial charge < -0.3 is 9.84 Å². The van der Waals surface area contributed by atoms with Crippen molar-refractivity contribution in [3.05, 3.63) is 41.2 Å². The first-order valence-electron chi connectivity index (χ1n) is 4.44. The number of halogens is 2. The number of ether oxygens (including phenoxy) is 1. The Balaban J connectivity index is 2.77. The number of hydrogen-bond donors (Lipinski definition) is 1. The molecule has 0 unspecified atom stereocenters. The second-order valence-electron chi connectivity index (χ2n) is 3.17. The molecule has 1 rings (SSSR count). The van der Waals surface area contributed by atoms with Gasteiger partial charge in [0.1, 0.15) is 18.2 Å². The van der Waals surface area contributed by atoms with Crippen molar-refractivity contribution in [2.75, 3.05) is 6.61 Å². The van der Waals surface area contributed by atoms with Crippen molar-refractivity contribution in [3.63, 3.8) is 0 Å². The summed E-state index contributed by atoms with van der Waals surface area (Å²) in [6, 6.07) is 4.26. The van der Waals surface area contributed by atoms with Gasteiger partial charge in [0.25, 0.3) is 0 Å². The molecule has 1 atom stereocenters. The molecule has 0 aliphatic carbocycles. The first-order chi connectivity index (χ1) is 7.00. The minimum Gasteiger partial charge on any atom is -0.488 e. The largest absolute Gasteiger partial charge is 0.488 e. The van der Waals surface area contributed by atoms with Crippen molar-refractivity contribution in [2.24, 2.45) is 0 Å². The average Bonchev–Trinajstić information content (AvgIpc) is 2.14. The molecule has 0 saturated carbocycles. The SMILES string of the molecule is C=C(Cl)COc1ccc([C@@H](C)O)c(F)c1. The molecule has 0 aliphatic rings. The van der Waals surface area contributed by atoms with Gasteiger partial charge in [0.15, 0.2) is 0 Å². The second kappa shape index (κ2) is 5.14. The van der Waals surface area contributed by atoms with E-state index < -0.39 is 11.9 Å². The van der Waals surface area contributed by atoms with E-state index in [9.17, 15) is 9.50 Å². The number of aliphatic hydroxyl groups excluding tert-OH is 1. The topological polar surface area (TPSA) is 29.5 Å². The molecular weight excluding hydrogens is 219 g/mol. The van der Waals surface area contributed by atoms with Crippen molar-refractivity contribution < 1.29 is 14.2 Å². The van der Waals surface area contributed by atoms with Crippen LogP contribution in [0.4, 0.5) is 4.39 Å². The Hall–Kier alpha value is -1.06. The lowest BCUT2D eigenvalue weighted by Crippen LogP contribution is -1.99. The number of benzene rings is 1. The maximum atomic E-state index is 13.3. The zero-order chi connectivity index (χ0) is 11.4. The van der Waals surface area contributed by atoms with Crippen LogP contribution >= 0.6 is 11.6 Å². The Morgan fingerprint density at radius 3 is 2.80 bits per heavy atom. The Kier molecular flexibility index (Phi) is 4.12. The van der Waals surface area contributed by atoms with Gasteiger partial charge in [-0.05, 0) is 19.1 Å². The van der Waals surface area contributed by atoms with Crippen molar-refractivity contribution in [3.8, 4) is 5.75 Å². The van der Waals surface area contributed by atoms with E-state index in [4.69, 9.17) is 16.3 Å². The van der Waals surface area contributed by atoms with Crippen LogP contribution in [-0.4, -0.2) is 11.7 Å². The molecule has 1 aromatic carbocycles. The summed E-state index contributed by atoms with van der Waals surface area (Å²) in [5, 5.41) is 9.54. The maximum absolute atomic E-state index is 13.3. The summed E-state index contributed by atoms with van der Waals surface area (Å²) in [6.45, 7) is 5.08. The molecule has 4 heteroatoms. The summed E-state index contributed by atoms with van der Waals surface area (Å²) in [5.41, 5.74) is 0.243. The highest BCUT2D eigenvalue weighted by Crippen LogP contribution is 2.22. The van der Waals surface area contributed by atoms with Crippen LogP contribution in [0.25, 0.3) is 0 Å². The molecule has 0 fully saturated rings. The minimum absolute atomic E-state index is 0.134. The molecule has 0 heterocycles. The van der Waals surface area contributed by atoms with Crippen LogP contribution in [0.3, 0.4) is 0 Å². The van der Waals surface area contributed by atoms with E-state index in [0.29, 0.717) is 10.8 Å². The second-order valence-corrected chi connectivity index (χ2v) is 3.70. The van der Waals surface area contributed by atoms with Gasteiger partial charge in [0, 0.05) is 16.7 Å². The molecule has 1 N–H and O–H groups in total. The molecule has 1 aromatic rings. The summed E-state index contributed by atoms with van der Waals surface area (Å²) < 4.78 is 18.5. The Labute approximate surface area is 92.9 Å². The predicted molar refractivity (Wildman–Crippen MR) is 57.5 cm³/mol. The van der Waals surface area contributed by atoms with E-state index in [2.05, 4.69) is 6.58 Å². The summed E-state index contributed by atoms with van der Waals surface area (Å²) >= 11 is 5.50. The van der Waals surface area contributed by atoms with E-state index in [1.165, 1.54) is 19.1 Å². The highest BCUT2D eigenvalue weighted by molar-refractivity contribution is 6.29. The maximum Gasteiger partial charge on any atom is 0.132 e. The monoisotopic (exact) mass is 230 g/mol. The number of hydrogen-bond acceptors (Lipinski definition) is 2. The van der Waals surface area contributed by atoms with E-state index in [-0.39, 0.29) is 12.2 Å². The van der Waals surface area contributed by atoms with Gasteiger partial charge in [0.2, 0.25) is 0 Å². The lowest BCUT2D eigenvalue weighted by Gasteiger charge is -2.09. The summed E-state index contributed by atoms with van der Waals surface area (Å²) in [4.78, 5) is 0. The standard InChI is InChI=1S/C11H12ClFO2/c1-7(12)6-15-9-3-4-10(8(2)14)11(13)5-9/h3-5,8,14H,1,6H2,2H3/t8-/m1/s1. The zero-order valence-corrected chi connectivity index (χ0v) is 9.09. The van der Waals surface area contributed by atoms with Crippen LogP contribution in [0.15, 0.2) is 29.8 Å². The molecule has 0 spiro atoms. The fourth-order valence-electron chi connectivity index (χ4n) is 1.10. The van der Waals surface area contributed by atoms with Crippen molar-refractivity contribution in [1.82, 2.24) is 0 Å². The van der Waals surface area contributed by atoms with Gasteiger partial charge in [-0.1, -0.05) is 18.2 Å². The van der Waals surface area contributed by atoms with Crippen molar-refractivity contribution >= 4 is 11.6 Å².